The molecule has 0 bridgehead atoms. The molecule has 0 atom stereocenters. The van der Waals surface area contributed by atoms with E-state index >= 15 is 0 Å². The van der Waals surface area contributed by atoms with Crippen molar-refractivity contribution in [3.63, 3.8) is 0 Å². The summed E-state index contributed by atoms with van der Waals surface area (Å²) in [6, 6.07) is 3.65. The molecule has 1 aliphatic rings. The van der Waals surface area contributed by atoms with Gasteiger partial charge in [0.2, 0.25) is 0 Å². The van der Waals surface area contributed by atoms with E-state index in [0.717, 1.165) is 31.9 Å². The Balaban J connectivity index is 1.91. The molecule has 5 heteroatoms. The van der Waals surface area contributed by atoms with Gasteiger partial charge in [-0.3, -0.25) is 4.79 Å². The normalized spacial score (nSPS) is 14.7. The molecular formula is C14H20N4O. The second-order valence-electron chi connectivity index (χ2n) is 4.80. The maximum Gasteiger partial charge on any atom is 0.254 e. The summed E-state index contributed by atoms with van der Waals surface area (Å²) in [5.41, 5.74) is 2.01. The van der Waals surface area contributed by atoms with Crippen LogP contribution in [0.4, 0.5) is 5.82 Å². The summed E-state index contributed by atoms with van der Waals surface area (Å²) in [5, 5.41) is 6.56. The van der Waals surface area contributed by atoms with Crippen LogP contribution in [-0.2, 0) is 0 Å². The van der Waals surface area contributed by atoms with E-state index in [4.69, 9.17) is 0 Å². The number of aromatic nitrogens is 1. The van der Waals surface area contributed by atoms with Crippen LogP contribution in [0.5, 0.6) is 0 Å². The molecule has 0 aliphatic carbocycles. The summed E-state index contributed by atoms with van der Waals surface area (Å²) in [4.78, 5) is 17.5. The third-order valence-electron chi connectivity index (χ3n) is 3.07. The molecular weight excluding hydrogens is 240 g/mol. The molecule has 0 fully saturated rings. The minimum absolute atomic E-state index is 0.0277. The first-order valence-electron chi connectivity index (χ1n) is 6.47. The molecule has 1 aromatic rings. The average Bonchev–Trinajstić information content (AvgIpc) is 2.46. The number of anilines is 1. The van der Waals surface area contributed by atoms with E-state index in [0.29, 0.717) is 5.56 Å². The van der Waals surface area contributed by atoms with Gasteiger partial charge in [-0.2, -0.15) is 0 Å². The molecule has 102 valence electrons. The van der Waals surface area contributed by atoms with E-state index in [1.54, 1.807) is 31.3 Å². The van der Waals surface area contributed by atoms with Gasteiger partial charge in [0.15, 0.2) is 0 Å². The summed E-state index contributed by atoms with van der Waals surface area (Å²) in [5.74, 6) is 0.773. The van der Waals surface area contributed by atoms with Crippen LogP contribution in [0.25, 0.3) is 0 Å². The van der Waals surface area contributed by atoms with Gasteiger partial charge in [0.05, 0.1) is 5.56 Å². The Hall–Kier alpha value is -1.88. The Morgan fingerprint density at radius 2 is 2.32 bits per heavy atom. The quantitative estimate of drug-likeness (QED) is 0.796. The fraction of sp³-hybridized carbons (Fsp3) is 0.429. The van der Waals surface area contributed by atoms with Crippen LogP contribution in [-0.4, -0.2) is 49.5 Å². The first-order chi connectivity index (χ1) is 9.16. The maximum absolute atomic E-state index is 11.7. The Morgan fingerprint density at radius 1 is 1.47 bits per heavy atom. The van der Waals surface area contributed by atoms with Crippen molar-refractivity contribution >= 4 is 11.7 Å². The number of rotatable bonds is 4. The lowest BCUT2D eigenvalue weighted by atomic mass is 10.1. The van der Waals surface area contributed by atoms with Crippen molar-refractivity contribution in [2.75, 3.05) is 39.0 Å². The first kappa shape index (κ1) is 13.5. The molecule has 1 amide bonds. The molecule has 0 saturated carbocycles. The van der Waals surface area contributed by atoms with Crippen molar-refractivity contribution in [1.82, 2.24) is 15.2 Å². The van der Waals surface area contributed by atoms with Crippen molar-refractivity contribution in [1.29, 1.82) is 0 Å². The minimum Gasteiger partial charge on any atom is -0.366 e. The van der Waals surface area contributed by atoms with Crippen LogP contribution in [0.15, 0.2) is 30.0 Å². The van der Waals surface area contributed by atoms with Gasteiger partial charge in [-0.05, 0) is 25.1 Å². The number of nitrogens with one attached hydrogen (secondary N) is 2. The highest BCUT2D eigenvalue weighted by Gasteiger charge is 2.08. The zero-order chi connectivity index (χ0) is 13.7. The third-order valence-corrected chi connectivity index (χ3v) is 3.07. The van der Waals surface area contributed by atoms with Crippen LogP contribution in [0.1, 0.15) is 16.8 Å². The summed E-state index contributed by atoms with van der Waals surface area (Å²) in [7, 11) is 3.47. The number of carbonyl (C=O) groups is 1. The molecule has 0 unspecified atom stereocenters. The lowest BCUT2D eigenvalue weighted by molar-refractivity contribution is 0.0827. The molecule has 2 rings (SSSR count). The standard InChI is InChI=1S/C14H20N4O/c1-18(2)14(19)12-3-4-13(17-10-12)16-9-11-5-7-15-8-6-11/h3-5,10,15H,6-9H2,1-2H3,(H,16,17). The molecule has 0 aromatic carbocycles. The topological polar surface area (TPSA) is 57.3 Å². The first-order valence-corrected chi connectivity index (χ1v) is 6.47. The predicted molar refractivity (Wildman–Crippen MR) is 76.3 cm³/mol. The average molecular weight is 260 g/mol. The lowest BCUT2D eigenvalue weighted by Crippen LogP contribution is -2.23. The van der Waals surface area contributed by atoms with Gasteiger partial charge in [0.1, 0.15) is 5.82 Å². The van der Waals surface area contributed by atoms with Crippen LogP contribution in [0.2, 0.25) is 0 Å². The maximum atomic E-state index is 11.7. The van der Waals surface area contributed by atoms with Gasteiger partial charge in [0.25, 0.3) is 5.91 Å². The van der Waals surface area contributed by atoms with Crippen molar-refractivity contribution in [2.24, 2.45) is 0 Å². The van der Waals surface area contributed by atoms with Gasteiger partial charge >= 0.3 is 0 Å². The van der Waals surface area contributed by atoms with Crippen LogP contribution in [0, 0.1) is 0 Å². The highest BCUT2D eigenvalue weighted by molar-refractivity contribution is 5.93. The molecule has 1 aliphatic heterocycles. The van der Waals surface area contributed by atoms with Crippen molar-refractivity contribution in [3.8, 4) is 0 Å². The predicted octanol–water partition coefficient (Wildman–Crippen LogP) is 1.11. The third kappa shape index (κ3) is 3.79. The molecule has 5 nitrogen and oxygen atoms in total. The van der Waals surface area contributed by atoms with E-state index in [-0.39, 0.29) is 5.91 Å². The molecule has 0 saturated heterocycles. The van der Waals surface area contributed by atoms with Crippen LogP contribution < -0.4 is 10.6 Å². The Morgan fingerprint density at radius 3 is 2.89 bits per heavy atom. The van der Waals surface area contributed by atoms with Crippen molar-refractivity contribution in [2.45, 2.75) is 6.42 Å². The lowest BCUT2D eigenvalue weighted by Gasteiger charge is -2.15. The fourth-order valence-electron chi connectivity index (χ4n) is 1.92. The Kier molecular flexibility index (Phi) is 4.52. The molecule has 0 radical (unpaired) electrons. The van der Waals surface area contributed by atoms with Crippen molar-refractivity contribution in [3.05, 3.63) is 35.5 Å². The molecule has 2 N–H and O–H groups in total. The van der Waals surface area contributed by atoms with E-state index in [9.17, 15) is 4.79 Å². The molecule has 2 heterocycles. The van der Waals surface area contributed by atoms with Crippen LogP contribution in [0.3, 0.4) is 0 Å². The molecule has 1 aromatic heterocycles. The number of nitrogens with zero attached hydrogens (tertiary/aromatic N) is 2. The van der Waals surface area contributed by atoms with Gasteiger partial charge < -0.3 is 15.5 Å². The van der Waals surface area contributed by atoms with Gasteiger partial charge in [-0.15, -0.1) is 0 Å². The Labute approximate surface area is 113 Å². The van der Waals surface area contributed by atoms with E-state index in [2.05, 4.69) is 21.7 Å². The van der Waals surface area contributed by atoms with Gasteiger partial charge in [-0.1, -0.05) is 11.6 Å². The second kappa shape index (κ2) is 6.33. The zero-order valence-corrected chi connectivity index (χ0v) is 11.4. The van der Waals surface area contributed by atoms with Gasteiger partial charge in [-0.25, -0.2) is 4.98 Å². The number of carbonyl (C=O) groups excluding carboxylic acids is 1. The number of hydrogen-bond acceptors (Lipinski definition) is 4. The smallest absolute Gasteiger partial charge is 0.254 e. The zero-order valence-electron chi connectivity index (χ0n) is 11.4. The second-order valence-corrected chi connectivity index (χ2v) is 4.80. The summed E-state index contributed by atoms with van der Waals surface area (Å²) in [6.07, 6.45) is 4.89. The van der Waals surface area contributed by atoms with Gasteiger partial charge in [0, 0.05) is 33.4 Å². The summed E-state index contributed by atoms with van der Waals surface area (Å²) >= 11 is 0. The minimum atomic E-state index is -0.0277. The number of hydrogen-bond donors (Lipinski definition) is 2. The summed E-state index contributed by atoms with van der Waals surface area (Å²) < 4.78 is 0. The summed E-state index contributed by atoms with van der Waals surface area (Å²) in [6.45, 7) is 2.80. The van der Waals surface area contributed by atoms with Crippen molar-refractivity contribution < 1.29 is 4.79 Å². The highest BCUT2D eigenvalue weighted by atomic mass is 16.2. The largest absolute Gasteiger partial charge is 0.366 e. The Bertz CT molecular complexity index is 465. The molecule has 19 heavy (non-hydrogen) atoms. The monoisotopic (exact) mass is 260 g/mol. The fourth-order valence-corrected chi connectivity index (χ4v) is 1.92. The molecule has 0 spiro atoms. The number of amides is 1. The van der Waals surface area contributed by atoms with E-state index in [1.807, 2.05) is 6.07 Å². The van der Waals surface area contributed by atoms with Crippen LogP contribution >= 0.6 is 0 Å². The highest BCUT2D eigenvalue weighted by Crippen LogP contribution is 2.09. The SMILES string of the molecule is CN(C)C(=O)c1ccc(NCC2=CCNCC2)nc1. The number of pyridine rings is 1. The van der Waals surface area contributed by atoms with E-state index < -0.39 is 0 Å². The van der Waals surface area contributed by atoms with E-state index in [1.165, 1.54) is 5.57 Å².